The van der Waals surface area contributed by atoms with Crippen molar-refractivity contribution in [2.24, 2.45) is 5.73 Å². The lowest BCUT2D eigenvalue weighted by Gasteiger charge is -2.38. The molecule has 6 heteroatoms. The van der Waals surface area contributed by atoms with Crippen molar-refractivity contribution in [3.8, 4) is 0 Å². The molecule has 2 aliphatic carbocycles. The highest BCUT2D eigenvalue weighted by atomic mass is 19.1. The van der Waals surface area contributed by atoms with Gasteiger partial charge in [0.1, 0.15) is 17.5 Å². The topological polar surface area (TPSA) is 55.0 Å². The molecule has 142 valence electrons. The van der Waals surface area contributed by atoms with Gasteiger partial charge in [0.05, 0.1) is 5.69 Å². The molecule has 2 unspecified atom stereocenters. The van der Waals surface area contributed by atoms with Gasteiger partial charge in [-0.1, -0.05) is 0 Å². The van der Waals surface area contributed by atoms with Gasteiger partial charge < -0.3 is 5.73 Å². The predicted molar refractivity (Wildman–Crippen MR) is 98.0 cm³/mol. The number of nitrogens with zero attached hydrogens (tertiary/aromatic N) is 3. The molecule has 0 amide bonds. The zero-order valence-electron chi connectivity index (χ0n) is 15.2. The van der Waals surface area contributed by atoms with Crippen LogP contribution < -0.4 is 5.73 Å². The first-order chi connectivity index (χ1) is 13.1. The van der Waals surface area contributed by atoms with Crippen LogP contribution in [0.25, 0.3) is 0 Å². The van der Waals surface area contributed by atoms with E-state index in [9.17, 15) is 8.78 Å². The van der Waals surface area contributed by atoms with E-state index in [0.717, 1.165) is 49.9 Å². The molecular weight excluding hydrogens is 346 g/mol. The van der Waals surface area contributed by atoms with E-state index >= 15 is 0 Å². The molecular formula is C21H24F2N4. The van der Waals surface area contributed by atoms with Crippen molar-refractivity contribution in [3.63, 3.8) is 0 Å². The molecule has 0 bridgehead atoms. The first-order valence-corrected chi connectivity index (χ1v) is 9.87. The van der Waals surface area contributed by atoms with Crippen LogP contribution in [0.3, 0.4) is 0 Å². The van der Waals surface area contributed by atoms with Crippen LogP contribution in [0.5, 0.6) is 0 Å². The van der Waals surface area contributed by atoms with Crippen LogP contribution in [-0.4, -0.2) is 27.0 Å². The Morgan fingerprint density at radius 3 is 2.70 bits per heavy atom. The summed E-state index contributed by atoms with van der Waals surface area (Å²) in [6.45, 7) is 1.70. The molecule has 0 saturated heterocycles. The molecule has 0 radical (unpaired) electrons. The Morgan fingerprint density at radius 2 is 1.93 bits per heavy atom. The summed E-state index contributed by atoms with van der Waals surface area (Å²) in [4.78, 5) is 11.7. The third-order valence-electron chi connectivity index (χ3n) is 6.39. The van der Waals surface area contributed by atoms with Gasteiger partial charge in [0, 0.05) is 48.8 Å². The molecule has 3 atom stereocenters. The average Bonchev–Trinajstić information content (AvgIpc) is 3.42. The van der Waals surface area contributed by atoms with Crippen molar-refractivity contribution < 1.29 is 8.78 Å². The van der Waals surface area contributed by atoms with Crippen LogP contribution >= 0.6 is 0 Å². The van der Waals surface area contributed by atoms with Crippen LogP contribution in [0.4, 0.5) is 8.78 Å². The summed E-state index contributed by atoms with van der Waals surface area (Å²) >= 11 is 0. The van der Waals surface area contributed by atoms with Crippen LogP contribution in [-0.2, 0) is 13.1 Å². The standard InChI is InChI=1S/C21H24F2N4/c22-14-3-6-18(23)17(7-14)16-5-4-15(8-19(16)24)27-10-13-9-25-21(12-1-2-12)26-20(13)11-27/h3,6-7,9,12,15-16,19H,1-2,4-5,8,10-11,24H2/t15?,16-,19?/m1/s1. The molecule has 3 aliphatic rings. The Labute approximate surface area is 157 Å². The number of rotatable bonds is 3. The smallest absolute Gasteiger partial charge is 0.131 e. The molecule has 27 heavy (non-hydrogen) atoms. The summed E-state index contributed by atoms with van der Waals surface area (Å²) in [5.74, 6) is 0.683. The number of hydrogen-bond acceptors (Lipinski definition) is 4. The van der Waals surface area contributed by atoms with Gasteiger partial charge in [0.2, 0.25) is 0 Å². The third kappa shape index (κ3) is 3.25. The number of hydrogen-bond donors (Lipinski definition) is 1. The molecule has 4 nitrogen and oxygen atoms in total. The summed E-state index contributed by atoms with van der Waals surface area (Å²) in [6.07, 6.45) is 6.90. The summed E-state index contributed by atoms with van der Waals surface area (Å²) in [6, 6.07) is 3.86. The fourth-order valence-corrected chi connectivity index (χ4v) is 4.69. The highest BCUT2D eigenvalue weighted by Gasteiger charge is 2.36. The fraction of sp³-hybridized carbons (Fsp3) is 0.524. The number of benzene rings is 1. The maximum atomic E-state index is 14.2. The minimum absolute atomic E-state index is 0.122. The summed E-state index contributed by atoms with van der Waals surface area (Å²) in [5.41, 5.74) is 9.21. The van der Waals surface area contributed by atoms with E-state index in [4.69, 9.17) is 10.7 Å². The fourth-order valence-electron chi connectivity index (χ4n) is 4.69. The molecule has 1 aliphatic heterocycles. The largest absolute Gasteiger partial charge is 0.327 e. The molecule has 2 heterocycles. The Morgan fingerprint density at radius 1 is 1.07 bits per heavy atom. The molecule has 2 fully saturated rings. The van der Waals surface area contributed by atoms with Gasteiger partial charge in [0.25, 0.3) is 0 Å². The molecule has 2 aromatic rings. The van der Waals surface area contributed by atoms with Gasteiger partial charge in [-0.15, -0.1) is 0 Å². The van der Waals surface area contributed by atoms with E-state index in [1.54, 1.807) is 0 Å². The summed E-state index contributed by atoms with van der Waals surface area (Å²) in [7, 11) is 0. The normalized spacial score (nSPS) is 28.3. The Bertz CT molecular complexity index is 867. The van der Waals surface area contributed by atoms with Gasteiger partial charge in [-0.3, -0.25) is 4.90 Å². The van der Waals surface area contributed by atoms with Crippen molar-refractivity contribution in [3.05, 3.63) is 58.7 Å². The predicted octanol–water partition coefficient (Wildman–Crippen LogP) is 3.61. The number of fused-ring (bicyclic) bond motifs is 1. The maximum Gasteiger partial charge on any atom is 0.131 e. The molecule has 5 rings (SSSR count). The first-order valence-electron chi connectivity index (χ1n) is 9.87. The Hall–Kier alpha value is -1.92. The minimum Gasteiger partial charge on any atom is -0.327 e. The lowest BCUT2D eigenvalue weighted by Crippen LogP contribution is -2.44. The Kier molecular flexibility index (Phi) is 4.20. The lowest BCUT2D eigenvalue weighted by atomic mass is 9.77. The monoisotopic (exact) mass is 370 g/mol. The SMILES string of the molecule is NC1CC(N2Cc3cnc(C4CC4)nc3C2)CC[C@@H]1c1cc(F)ccc1F. The molecule has 2 saturated carbocycles. The number of halogens is 2. The second-order valence-corrected chi connectivity index (χ2v) is 8.28. The zero-order valence-corrected chi connectivity index (χ0v) is 15.2. The van der Waals surface area contributed by atoms with E-state index in [1.165, 1.54) is 30.5 Å². The van der Waals surface area contributed by atoms with Gasteiger partial charge in [-0.05, 0) is 55.9 Å². The number of aromatic nitrogens is 2. The molecule has 1 aromatic carbocycles. The van der Waals surface area contributed by atoms with Gasteiger partial charge >= 0.3 is 0 Å². The van der Waals surface area contributed by atoms with Gasteiger partial charge in [-0.2, -0.15) is 0 Å². The van der Waals surface area contributed by atoms with E-state index < -0.39 is 5.82 Å². The summed E-state index contributed by atoms with van der Waals surface area (Å²) < 4.78 is 27.7. The summed E-state index contributed by atoms with van der Waals surface area (Å²) in [5, 5.41) is 0. The van der Waals surface area contributed by atoms with E-state index in [1.807, 2.05) is 6.20 Å². The van der Waals surface area contributed by atoms with Crippen molar-refractivity contribution in [2.45, 2.75) is 69.1 Å². The van der Waals surface area contributed by atoms with E-state index in [0.29, 0.717) is 17.5 Å². The highest BCUT2D eigenvalue weighted by molar-refractivity contribution is 5.27. The molecule has 1 aromatic heterocycles. The third-order valence-corrected chi connectivity index (χ3v) is 6.39. The van der Waals surface area contributed by atoms with Gasteiger partial charge in [0.15, 0.2) is 0 Å². The van der Waals surface area contributed by atoms with E-state index in [2.05, 4.69) is 9.88 Å². The minimum atomic E-state index is -0.402. The van der Waals surface area contributed by atoms with Crippen LogP contribution in [0, 0.1) is 11.6 Å². The van der Waals surface area contributed by atoms with Crippen molar-refractivity contribution >= 4 is 0 Å². The number of nitrogens with two attached hydrogens (primary N) is 1. The van der Waals surface area contributed by atoms with Crippen molar-refractivity contribution in [1.29, 1.82) is 0 Å². The zero-order chi connectivity index (χ0) is 18.5. The highest BCUT2D eigenvalue weighted by Crippen LogP contribution is 2.40. The quantitative estimate of drug-likeness (QED) is 0.897. The first kappa shape index (κ1) is 17.2. The van der Waals surface area contributed by atoms with E-state index in [-0.39, 0.29) is 17.8 Å². The van der Waals surface area contributed by atoms with Gasteiger partial charge in [-0.25, -0.2) is 18.7 Å². The average molecular weight is 370 g/mol. The van der Waals surface area contributed by atoms with Crippen LogP contribution in [0.15, 0.2) is 24.4 Å². The lowest BCUT2D eigenvalue weighted by molar-refractivity contribution is 0.137. The second-order valence-electron chi connectivity index (χ2n) is 8.28. The Balaban J connectivity index is 1.28. The van der Waals surface area contributed by atoms with Crippen LogP contribution in [0.1, 0.15) is 66.6 Å². The van der Waals surface area contributed by atoms with Crippen molar-refractivity contribution in [2.75, 3.05) is 0 Å². The second kappa shape index (κ2) is 6.60. The molecule has 0 spiro atoms. The molecule has 2 N–H and O–H groups in total. The maximum absolute atomic E-state index is 14.2. The van der Waals surface area contributed by atoms with Crippen LogP contribution in [0.2, 0.25) is 0 Å². The van der Waals surface area contributed by atoms with Crippen molar-refractivity contribution in [1.82, 2.24) is 14.9 Å².